The number of carbonyl (C=O) groups is 1. The summed E-state index contributed by atoms with van der Waals surface area (Å²) >= 11 is 0. The molecule has 0 saturated carbocycles. The SMILES string of the molecule is Cc1ncc2c(n1)C1(CCCN(C(=O)CCCc3c[nH]c4ccccc34)C1)CC2. The molecule has 3 aromatic rings. The Morgan fingerprint density at radius 1 is 1.28 bits per heavy atom. The molecule has 1 spiro atoms. The third-order valence-electron chi connectivity index (χ3n) is 6.80. The molecule has 150 valence electrons. The summed E-state index contributed by atoms with van der Waals surface area (Å²) in [5.41, 5.74) is 5.02. The molecule has 1 atom stereocenters. The van der Waals surface area contributed by atoms with Crippen LogP contribution in [0.5, 0.6) is 0 Å². The van der Waals surface area contributed by atoms with Crippen molar-refractivity contribution in [3.63, 3.8) is 0 Å². The molecule has 1 aliphatic carbocycles. The van der Waals surface area contributed by atoms with Gasteiger partial charge in [0.05, 0.1) is 5.69 Å². The molecule has 1 N–H and O–H groups in total. The molecule has 3 heterocycles. The molecule has 1 aromatic carbocycles. The molecule has 1 aliphatic heterocycles. The second-order valence-corrected chi connectivity index (χ2v) is 8.70. The number of hydrogen-bond donors (Lipinski definition) is 1. The van der Waals surface area contributed by atoms with Crippen molar-refractivity contribution in [2.24, 2.45) is 0 Å². The number of likely N-dealkylation sites (tertiary alicyclic amines) is 1. The van der Waals surface area contributed by atoms with Crippen LogP contribution < -0.4 is 0 Å². The van der Waals surface area contributed by atoms with Crippen molar-refractivity contribution in [2.75, 3.05) is 13.1 Å². The number of fused-ring (bicyclic) bond motifs is 3. The number of amides is 1. The molecular formula is C24H28N4O. The van der Waals surface area contributed by atoms with E-state index in [1.807, 2.05) is 19.2 Å². The van der Waals surface area contributed by atoms with Crippen LogP contribution >= 0.6 is 0 Å². The number of aryl methyl sites for hydroxylation is 3. The molecule has 1 amide bonds. The maximum absolute atomic E-state index is 13.0. The Morgan fingerprint density at radius 3 is 3.10 bits per heavy atom. The second kappa shape index (κ2) is 7.29. The van der Waals surface area contributed by atoms with Crippen LogP contribution in [0.2, 0.25) is 0 Å². The van der Waals surface area contributed by atoms with Gasteiger partial charge in [-0.05, 0) is 62.6 Å². The predicted molar refractivity (Wildman–Crippen MR) is 114 cm³/mol. The lowest BCUT2D eigenvalue weighted by atomic mass is 9.77. The molecule has 2 aliphatic rings. The fraction of sp³-hybridized carbons (Fsp3) is 0.458. The fourth-order valence-corrected chi connectivity index (χ4v) is 5.30. The summed E-state index contributed by atoms with van der Waals surface area (Å²) in [7, 11) is 0. The van der Waals surface area contributed by atoms with Crippen molar-refractivity contribution in [1.82, 2.24) is 19.9 Å². The topological polar surface area (TPSA) is 61.9 Å². The first kappa shape index (κ1) is 18.3. The third-order valence-corrected chi connectivity index (χ3v) is 6.80. The molecule has 29 heavy (non-hydrogen) atoms. The Hall–Kier alpha value is -2.69. The van der Waals surface area contributed by atoms with E-state index in [9.17, 15) is 4.79 Å². The normalized spacial score (nSPS) is 21.1. The predicted octanol–water partition coefficient (Wildman–Crippen LogP) is 4.10. The molecular weight excluding hydrogens is 360 g/mol. The van der Waals surface area contributed by atoms with Crippen LogP contribution in [0.15, 0.2) is 36.7 Å². The third kappa shape index (κ3) is 3.33. The lowest BCUT2D eigenvalue weighted by Crippen LogP contribution is -2.48. The summed E-state index contributed by atoms with van der Waals surface area (Å²) < 4.78 is 0. The van der Waals surface area contributed by atoms with Gasteiger partial charge in [-0.1, -0.05) is 18.2 Å². The molecule has 1 unspecified atom stereocenters. The summed E-state index contributed by atoms with van der Waals surface area (Å²) in [4.78, 5) is 27.6. The van der Waals surface area contributed by atoms with Crippen molar-refractivity contribution >= 4 is 16.8 Å². The van der Waals surface area contributed by atoms with E-state index in [-0.39, 0.29) is 5.41 Å². The number of rotatable bonds is 4. The zero-order valence-corrected chi connectivity index (χ0v) is 17.1. The van der Waals surface area contributed by atoms with E-state index in [1.165, 1.54) is 27.7 Å². The van der Waals surface area contributed by atoms with Gasteiger partial charge < -0.3 is 9.88 Å². The molecule has 5 nitrogen and oxygen atoms in total. The van der Waals surface area contributed by atoms with Crippen LogP contribution in [0.25, 0.3) is 10.9 Å². The van der Waals surface area contributed by atoms with Crippen molar-refractivity contribution in [2.45, 2.75) is 57.3 Å². The van der Waals surface area contributed by atoms with Crippen LogP contribution in [-0.4, -0.2) is 38.8 Å². The second-order valence-electron chi connectivity index (χ2n) is 8.70. The molecule has 0 radical (unpaired) electrons. The van der Waals surface area contributed by atoms with E-state index >= 15 is 0 Å². The van der Waals surface area contributed by atoms with Crippen LogP contribution in [-0.2, 0) is 23.1 Å². The minimum atomic E-state index is 0.0494. The van der Waals surface area contributed by atoms with Crippen molar-refractivity contribution in [3.05, 3.63) is 59.3 Å². The van der Waals surface area contributed by atoms with Crippen molar-refractivity contribution in [3.8, 4) is 0 Å². The van der Waals surface area contributed by atoms with E-state index in [0.29, 0.717) is 12.3 Å². The lowest BCUT2D eigenvalue weighted by Gasteiger charge is -2.40. The van der Waals surface area contributed by atoms with Gasteiger partial charge in [-0.25, -0.2) is 9.97 Å². The average molecular weight is 389 g/mol. The van der Waals surface area contributed by atoms with Crippen LogP contribution in [0.1, 0.15) is 54.7 Å². The largest absolute Gasteiger partial charge is 0.361 e. The van der Waals surface area contributed by atoms with Gasteiger partial charge in [-0.15, -0.1) is 0 Å². The zero-order valence-electron chi connectivity index (χ0n) is 17.1. The molecule has 5 rings (SSSR count). The number of para-hydroxylation sites is 1. The Morgan fingerprint density at radius 2 is 2.17 bits per heavy atom. The quantitative estimate of drug-likeness (QED) is 0.732. The number of aromatic nitrogens is 3. The number of H-pyrrole nitrogens is 1. The number of hydrogen-bond acceptors (Lipinski definition) is 3. The summed E-state index contributed by atoms with van der Waals surface area (Å²) in [6, 6.07) is 8.37. The van der Waals surface area contributed by atoms with Gasteiger partial charge in [0, 0.05) is 48.2 Å². The van der Waals surface area contributed by atoms with Crippen LogP contribution in [0.4, 0.5) is 0 Å². The number of nitrogens with zero attached hydrogens (tertiary/aromatic N) is 3. The summed E-state index contributed by atoms with van der Waals surface area (Å²) in [5.74, 6) is 1.13. The monoisotopic (exact) mass is 388 g/mol. The van der Waals surface area contributed by atoms with Crippen LogP contribution in [0, 0.1) is 6.92 Å². The smallest absolute Gasteiger partial charge is 0.222 e. The Labute approximate surface area is 171 Å². The van der Waals surface area contributed by atoms with E-state index in [4.69, 9.17) is 4.98 Å². The number of piperidine rings is 1. The Bertz CT molecular complexity index is 1050. The van der Waals surface area contributed by atoms with Crippen molar-refractivity contribution in [1.29, 1.82) is 0 Å². The average Bonchev–Trinajstić information content (AvgIpc) is 3.30. The number of nitrogens with one attached hydrogen (secondary N) is 1. The van der Waals surface area contributed by atoms with Gasteiger partial charge in [0.1, 0.15) is 5.82 Å². The van der Waals surface area contributed by atoms with Crippen molar-refractivity contribution < 1.29 is 4.79 Å². The fourth-order valence-electron chi connectivity index (χ4n) is 5.30. The first-order chi connectivity index (χ1) is 14.1. The van der Waals surface area contributed by atoms with Gasteiger partial charge in [0.25, 0.3) is 0 Å². The van der Waals surface area contributed by atoms with E-state index in [1.54, 1.807) is 0 Å². The van der Waals surface area contributed by atoms with Crippen LogP contribution in [0.3, 0.4) is 0 Å². The van der Waals surface area contributed by atoms with Gasteiger partial charge in [0.2, 0.25) is 5.91 Å². The van der Waals surface area contributed by atoms with Gasteiger partial charge in [-0.3, -0.25) is 4.79 Å². The molecule has 2 aromatic heterocycles. The first-order valence-corrected chi connectivity index (χ1v) is 10.8. The van der Waals surface area contributed by atoms with E-state index in [0.717, 1.165) is 57.4 Å². The zero-order chi connectivity index (χ0) is 19.8. The van der Waals surface area contributed by atoms with E-state index < -0.39 is 0 Å². The maximum atomic E-state index is 13.0. The minimum Gasteiger partial charge on any atom is -0.361 e. The van der Waals surface area contributed by atoms with Gasteiger partial charge >= 0.3 is 0 Å². The maximum Gasteiger partial charge on any atom is 0.222 e. The highest BCUT2D eigenvalue weighted by Gasteiger charge is 2.44. The summed E-state index contributed by atoms with van der Waals surface area (Å²) in [6.07, 6.45) is 10.9. The van der Waals surface area contributed by atoms with E-state index in [2.05, 4.69) is 39.3 Å². The number of carbonyl (C=O) groups excluding carboxylic acids is 1. The number of benzene rings is 1. The Balaban J connectivity index is 1.24. The molecule has 1 saturated heterocycles. The molecule has 0 bridgehead atoms. The Kier molecular flexibility index (Phi) is 4.61. The standard InChI is InChI=1S/C24H28N4O/c1-17-25-15-19-10-12-24(23(19)27-17)11-5-13-28(16-24)22(29)9-4-6-18-14-26-21-8-3-2-7-20(18)21/h2-3,7-8,14-15,26H,4-6,9-13,16H2,1H3. The highest BCUT2D eigenvalue weighted by atomic mass is 16.2. The molecule has 5 heteroatoms. The summed E-state index contributed by atoms with van der Waals surface area (Å²) in [5, 5.41) is 1.27. The number of aromatic amines is 1. The molecule has 1 fully saturated rings. The highest BCUT2D eigenvalue weighted by Crippen LogP contribution is 2.43. The lowest BCUT2D eigenvalue weighted by molar-refractivity contribution is -0.133. The highest BCUT2D eigenvalue weighted by molar-refractivity contribution is 5.83. The minimum absolute atomic E-state index is 0.0494. The summed E-state index contributed by atoms with van der Waals surface area (Å²) in [6.45, 7) is 3.66. The van der Waals surface area contributed by atoms with Gasteiger partial charge in [0.15, 0.2) is 0 Å². The van der Waals surface area contributed by atoms with Gasteiger partial charge in [-0.2, -0.15) is 0 Å². The first-order valence-electron chi connectivity index (χ1n) is 10.8.